The number of nitrogens with zero attached hydrogens (tertiary/aromatic N) is 2. The summed E-state index contributed by atoms with van der Waals surface area (Å²) in [5.74, 6) is 1.54. The number of para-hydroxylation sites is 2. The number of aryl methyl sites for hydroxylation is 1. The highest BCUT2D eigenvalue weighted by atomic mass is 35.5. The second kappa shape index (κ2) is 6.31. The maximum Gasteiger partial charge on any atom is 0.142 e. The average Bonchev–Trinajstić information content (AvgIpc) is 2.83. The number of imidazole rings is 1. The molecule has 4 heteroatoms. The number of hydrogen-bond acceptors (Lipinski definition) is 1. The SMILES string of the molecule is CC(C)CCn1c(-c2ccc(Cl)cc2Cl)nc2ccccc21. The summed E-state index contributed by atoms with van der Waals surface area (Å²) in [7, 11) is 0. The molecule has 3 rings (SSSR count). The second-order valence-electron chi connectivity index (χ2n) is 5.88. The van der Waals surface area contributed by atoms with E-state index in [0.717, 1.165) is 35.4 Å². The summed E-state index contributed by atoms with van der Waals surface area (Å²) in [6.07, 6.45) is 1.10. The largest absolute Gasteiger partial charge is 0.324 e. The Balaban J connectivity index is 2.17. The quantitative estimate of drug-likeness (QED) is 0.568. The molecule has 3 aromatic rings. The molecule has 1 aromatic heterocycles. The van der Waals surface area contributed by atoms with Crippen LogP contribution in [0.4, 0.5) is 0 Å². The molecular formula is C18H18Cl2N2. The van der Waals surface area contributed by atoms with Crippen molar-refractivity contribution in [1.29, 1.82) is 0 Å². The molecule has 22 heavy (non-hydrogen) atoms. The van der Waals surface area contributed by atoms with Crippen LogP contribution in [0.1, 0.15) is 20.3 Å². The molecule has 0 aliphatic carbocycles. The van der Waals surface area contributed by atoms with E-state index in [-0.39, 0.29) is 0 Å². The van der Waals surface area contributed by atoms with Gasteiger partial charge in [-0.3, -0.25) is 0 Å². The fraction of sp³-hybridized carbons (Fsp3) is 0.278. The van der Waals surface area contributed by atoms with Crippen molar-refractivity contribution in [2.75, 3.05) is 0 Å². The van der Waals surface area contributed by atoms with Crippen LogP contribution in [0.5, 0.6) is 0 Å². The molecule has 0 spiro atoms. The fourth-order valence-corrected chi connectivity index (χ4v) is 3.06. The monoisotopic (exact) mass is 332 g/mol. The van der Waals surface area contributed by atoms with Gasteiger partial charge in [0.2, 0.25) is 0 Å². The molecule has 0 bridgehead atoms. The van der Waals surface area contributed by atoms with E-state index in [4.69, 9.17) is 28.2 Å². The zero-order chi connectivity index (χ0) is 15.7. The number of hydrogen-bond donors (Lipinski definition) is 0. The first-order valence-electron chi connectivity index (χ1n) is 7.47. The molecule has 0 fully saturated rings. The first kappa shape index (κ1) is 15.4. The van der Waals surface area contributed by atoms with Crippen LogP contribution in [0.15, 0.2) is 42.5 Å². The van der Waals surface area contributed by atoms with E-state index in [0.29, 0.717) is 16.0 Å². The van der Waals surface area contributed by atoms with E-state index in [2.05, 4.69) is 24.5 Å². The average molecular weight is 333 g/mol. The van der Waals surface area contributed by atoms with Gasteiger partial charge in [-0.1, -0.05) is 49.2 Å². The predicted octanol–water partition coefficient (Wildman–Crippen LogP) is 6.06. The summed E-state index contributed by atoms with van der Waals surface area (Å²) in [4.78, 5) is 4.79. The van der Waals surface area contributed by atoms with Gasteiger partial charge in [-0.2, -0.15) is 0 Å². The van der Waals surface area contributed by atoms with Crippen molar-refractivity contribution in [3.05, 3.63) is 52.5 Å². The Labute approximate surface area is 140 Å². The Morgan fingerprint density at radius 3 is 2.59 bits per heavy atom. The molecule has 114 valence electrons. The van der Waals surface area contributed by atoms with Gasteiger partial charge in [0.1, 0.15) is 5.82 Å². The lowest BCUT2D eigenvalue weighted by Crippen LogP contribution is -2.04. The minimum atomic E-state index is 0.633. The smallest absolute Gasteiger partial charge is 0.142 e. The Bertz CT molecular complexity index is 806. The van der Waals surface area contributed by atoms with Crippen molar-refractivity contribution >= 4 is 34.2 Å². The van der Waals surface area contributed by atoms with Gasteiger partial charge >= 0.3 is 0 Å². The maximum absolute atomic E-state index is 6.39. The van der Waals surface area contributed by atoms with E-state index in [9.17, 15) is 0 Å². The molecule has 0 N–H and O–H groups in total. The van der Waals surface area contributed by atoms with Gasteiger partial charge in [0, 0.05) is 17.1 Å². The third-order valence-corrected chi connectivity index (χ3v) is 4.30. The van der Waals surface area contributed by atoms with Crippen molar-refractivity contribution < 1.29 is 0 Å². The molecule has 0 aliphatic rings. The van der Waals surface area contributed by atoms with Crippen LogP contribution in [-0.4, -0.2) is 9.55 Å². The van der Waals surface area contributed by atoms with Crippen LogP contribution in [0.3, 0.4) is 0 Å². The Morgan fingerprint density at radius 1 is 1.09 bits per heavy atom. The van der Waals surface area contributed by atoms with E-state index in [1.54, 1.807) is 6.07 Å². The van der Waals surface area contributed by atoms with Crippen molar-refractivity contribution in [2.24, 2.45) is 5.92 Å². The van der Waals surface area contributed by atoms with Crippen LogP contribution in [0, 0.1) is 5.92 Å². The summed E-state index contributed by atoms with van der Waals surface area (Å²) in [5.41, 5.74) is 3.06. The first-order valence-corrected chi connectivity index (χ1v) is 8.22. The predicted molar refractivity (Wildman–Crippen MR) is 94.6 cm³/mol. The summed E-state index contributed by atoms with van der Waals surface area (Å²) in [6, 6.07) is 13.8. The lowest BCUT2D eigenvalue weighted by atomic mass is 10.1. The topological polar surface area (TPSA) is 17.8 Å². The zero-order valence-corrected chi connectivity index (χ0v) is 14.2. The Kier molecular flexibility index (Phi) is 4.42. The normalized spacial score (nSPS) is 11.5. The van der Waals surface area contributed by atoms with Gasteiger partial charge in [0.25, 0.3) is 0 Å². The van der Waals surface area contributed by atoms with Gasteiger partial charge in [0.05, 0.1) is 16.1 Å². The van der Waals surface area contributed by atoms with Crippen molar-refractivity contribution in [3.8, 4) is 11.4 Å². The van der Waals surface area contributed by atoms with E-state index in [1.807, 2.05) is 30.3 Å². The van der Waals surface area contributed by atoms with Crippen LogP contribution < -0.4 is 0 Å². The number of fused-ring (bicyclic) bond motifs is 1. The molecule has 2 nitrogen and oxygen atoms in total. The van der Waals surface area contributed by atoms with Crippen molar-refractivity contribution in [2.45, 2.75) is 26.8 Å². The van der Waals surface area contributed by atoms with Gasteiger partial charge in [-0.25, -0.2) is 4.98 Å². The molecule has 1 heterocycles. The maximum atomic E-state index is 6.39. The minimum absolute atomic E-state index is 0.633. The molecule has 0 atom stereocenters. The van der Waals surface area contributed by atoms with Crippen LogP contribution in [0.25, 0.3) is 22.4 Å². The molecule has 0 aliphatic heterocycles. The van der Waals surface area contributed by atoms with Crippen molar-refractivity contribution in [3.63, 3.8) is 0 Å². The summed E-state index contributed by atoms with van der Waals surface area (Å²) in [5, 5.41) is 1.27. The molecule has 0 saturated carbocycles. The number of rotatable bonds is 4. The van der Waals surface area contributed by atoms with E-state index >= 15 is 0 Å². The zero-order valence-electron chi connectivity index (χ0n) is 12.7. The Morgan fingerprint density at radius 2 is 1.86 bits per heavy atom. The highest BCUT2D eigenvalue weighted by Gasteiger charge is 2.15. The number of halogens is 2. The van der Waals surface area contributed by atoms with Crippen LogP contribution in [-0.2, 0) is 6.54 Å². The second-order valence-corrected chi connectivity index (χ2v) is 6.73. The van der Waals surface area contributed by atoms with Crippen LogP contribution >= 0.6 is 23.2 Å². The Hall–Kier alpha value is -1.51. The van der Waals surface area contributed by atoms with Gasteiger partial charge in [-0.05, 0) is 42.7 Å². The molecule has 0 amide bonds. The summed E-state index contributed by atoms with van der Waals surface area (Å²) < 4.78 is 2.25. The standard InChI is InChI=1S/C18H18Cl2N2/c1-12(2)9-10-22-17-6-4-3-5-16(17)21-18(22)14-8-7-13(19)11-15(14)20/h3-8,11-12H,9-10H2,1-2H3. The van der Waals surface area contributed by atoms with Gasteiger partial charge < -0.3 is 4.57 Å². The molecule has 2 aromatic carbocycles. The highest BCUT2D eigenvalue weighted by molar-refractivity contribution is 6.36. The fourth-order valence-electron chi connectivity index (χ4n) is 2.57. The summed E-state index contributed by atoms with van der Waals surface area (Å²) >= 11 is 12.4. The number of benzene rings is 2. The lowest BCUT2D eigenvalue weighted by Gasteiger charge is -2.12. The molecular weight excluding hydrogens is 315 g/mol. The van der Waals surface area contributed by atoms with Crippen LogP contribution in [0.2, 0.25) is 10.0 Å². The van der Waals surface area contributed by atoms with Gasteiger partial charge in [-0.15, -0.1) is 0 Å². The summed E-state index contributed by atoms with van der Waals surface area (Å²) in [6.45, 7) is 5.38. The lowest BCUT2D eigenvalue weighted by molar-refractivity contribution is 0.525. The third-order valence-electron chi connectivity index (χ3n) is 3.76. The molecule has 0 radical (unpaired) electrons. The highest BCUT2D eigenvalue weighted by Crippen LogP contribution is 2.32. The third kappa shape index (κ3) is 2.99. The first-order chi connectivity index (χ1) is 10.6. The van der Waals surface area contributed by atoms with Crippen molar-refractivity contribution in [1.82, 2.24) is 9.55 Å². The minimum Gasteiger partial charge on any atom is -0.324 e. The van der Waals surface area contributed by atoms with E-state index < -0.39 is 0 Å². The molecule has 0 unspecified atom stereocenters. The van der Waals surface area contributed by atoms with Gasteiger partial charge in [0.15, 0.2) is 0 Å². The number of aromatic nitrogens is 2. The molecule has 0 saturated heterocycles. The van der Waals surface area contributed by atoms with E-state index in [1.165, 1.54) is 0 Å².